The standard InChI is InChI=1S/C15H21N3O5/c19-11(17-8-3-4-10(17)12(20)21)5-9-18-13(22)15(16-14(18)23)6-1-2-7-15/h10H,1-9H2,(H,16,23)(H,20,21)/t10-/m1/s1. The zero-order valence-electron chi connectivity index (χ0n) is 12.9. The summed E-state index contributed by atoms with van der Waals surface area (Å²) in [4.78, 5) is 50.3. The molecule has 23 heavy (non-hydrogen) atoms. The van der Waals surface area contributed by atoms with E-state index in [9.17, 15) is 19.2 Å². The van der Waals surface area contributed by atoms with E-state index in [0.717, 1.165) is 17.7 Å². The van der Waals surface area contributed by atoms with Gasteiger partial charge in [-0.1, -0.05) is 12.8 Å². The minimum Gasteiger partial charge on any atom is -0.480 e. The lowest BCUT2D eigenvalue weighted by molar-refractivity contribution is -0.148. The molecule has 3 rings (SSSR count). The molecule has 3 aliphatic rings. The predicted molar refractivity (Wildman–Crippen MR) is 78.4 cm³/mol. The van der Waals surface area contributed by atoms with Crippen LogP contribution in [0.4, 0.5) is 4.79 Å². The zero-order valence-corrected chi connectivity index (χ0v) is 12.9. The average molecular weight is 323 g/mol. The summed E-state index contributed by atoms with van der Waals surface area (Å²) in [5.74, 6) is -1.57. The Bertz CT molecular complexity index is 555. The number of nitrogens with one attached hydrogen (secondary N) is 1. The summed E-state index contributed by atoms with van der Waals surface area (Å²) >= 11 is 0. The first-order valence-corrected chi connectivity index (χ1v) is 8.11. The van der Waals surface area contributed by atoms with E-state index in [0.29, 0.717) is 32.2 Å². The van der Waals surface area contributed by atoms with Gasteiger partial charge >= 0.3 is 12.0 Å². The van der Waals surface area contributed by atoms with Crippen molar-refractivity contribution in [3.63, 3.8) is 0 Å². The van der Waals surface area contributed by atoms with Crippen LogP contribution in [0.2, 0.25) is 0 Å². The topological polar surface area (TPSA) is 107 Å². The van der Waals surface area contributed by atoms with Gasteiger partial charge in [-0.2, -0.15) is 0 Å². The van der Waals surface area contributed by atoms with Crippen LogP contribution in [0.1, 0.15) is 44.9 Å². The third kappa shape index (κ3) is 2.66. The highest BCUT2D eigenvalue weighted by molar-refractivity contribution is 6.07. The lowest BCUT2D eigenvalue weighted by Crippen LogP contribution is -2.44. The van der Waals surface area contributed by atoms with E-state index < -0.39 is 23.6 Å². The molecule has 1 spiro atoms. The van der Waals surface area contributed by atoms with Crippen molar-refractivity contribution in [2.45, 2.75) is 56.5 Å². The van der Waals surface area contributed by atoms with Crippen molar-refractivity contribution in [2.24, 2.45) is 0 Å². The van der Waals surface area contributed by atoms with Gasteiger partial charge in [-0.15, -0.1) is 0 Å². The second-order valence-electron chi connectivity index (χ2n) is 6.51. The molecule has 1 saturated carbocycles. The Morgan fingerprint density at radius 1 is 1.22 bits per heavy atom. The minimum absolute atomic E-state index is 0.00802. The van der Waals surface area contributed by atoms with Gasteiger partial charge in [0.15, 0.2) is 0 Å². The molecule has 2 heterocycles. The van der Waals surface area contributed by atoms with Crippen LogP contribution >= 0.6 is 0 Å². The molecule has 8 nitrogen and oxygen atoms in total. The number of imide groups is 1. The number of hydrogen-bond acceptors (Lipinski definition) is 4. The molecule has 1 aliphatic carbocycles. The first-order chi connectivity index (χ1) is 10.9. The van der Waals surface area contributed by atoms with Gasteiger partial charge in [0, 0.05) is 19.5 Å². The van der Waals surface area contributed by atoms with Crippen LogP contribution < -0.4 is 5.32 Å². The molecule has 2 aliphatic heterocycles. The fourth-order valence-corrected chi connectivity index (χ4v) is 3.87. The van der Waals surface area contributed by atoms with E-state index in [1.807, 2.05) is 0 Å². The number of carbonyl (C=O) groups excluding carboxylic acids is 3. The number of urea groups is 1. The number of carboxylic acid groups (broad SMARTS) is 1. The minimum atomic E-state index is -1.00. The lowest BCUT2D eigenvalue weighted by Gasteiger charge is -2.23. The molecule has 126 valence electrons. The van der Waals surface area contributed by atoms with Crippen molar-refractivity contribution in [3.8, 4) is 0 Å². The van der Waals surface area contributed by atoms with Crippen LogP contribution in [0.15, 0.2) is 0 Å². The van der Waals surface area contributed by atoms with Gasteiger partial charge in [0.25, 0.3) is 5.91 Å². The molecule has 0 aromatic heterocycles. The smallest absolute Gasteiger partial charge is 0.326 e. The number of rotatable bonds is 4. The number of nitrogens with zero attached hydrogens (tertiary/aromatic N) is 2. The summed E-state index contributed by atoms with van der Waals surface area (Å²) in [6, 6.07) is -1.23. The van der Waals surface area contributed by atoms with Crippen molar-refractivity contribution in [1.29, 1.82) is 0 Å². The molecule has 2 saturated heterocycles. The maximum Gasteiger partial charge on any atom is 0.326 e. The molecule has 0 aromatic carbocycles. The van der Waals surface area contributed by atoms with E-state index in [1.54, 1.807) is 0 Å². The van der Waals surface area contributed by atoms with Crippen LogP contribution in [-0.4, -0.2) is 63.4 Å². The van der Waals surface area contributed by atoms with Crippen molar-refractivity contribution in [2.75, 3.05) is 13.1 Å². The Hall–Kier alpha value is -2.12. The quantitative estimate of drug-likeness (QED) is 0.724. The lowest BCUT2D eigenvalue weighted by atomic mass is 9.98. The normalized spacial score (nSPS) is 26.2. The summed E-state index contributed by atoms with van der Waals surface area (Å²) in [6.07, 6.45) is 4.20. The highest BCUT2D eigenvalue weighted by atomic mass is 16.4. The number of carboxylic acids is 1. The van der Waals surface area contributed by atoms with Crippen LogP contribution in [-0.2, 0) is 14.4 Å². The maximum atomic E-state index is 12.5. The van der Waals surface area contributed by atoms with Crippen molar-refractivity contribution >= 4 is 23.8 Å². The number of hydrogen-bond donors (Lipinski definition) is 2. The zero-order chi connectivity index (χ0) is 16.6. The third-order valence-electron chi connectivity index (χ3n) is 5.11. The Morgan fingerprint density at radius 2 is 1.91 bits per heavy atom. The number of likely N-dealkylation sites (tertiary alicyclic amines) is 1. The van der Waals surface area contributed by atoms with Crippen LogP contribution in [0, 0.1) is 0 Å². The van der Waals surface area contributed by atoms with Gasteiger partial charge in [0.1, 0.15) is 11.6 Å². The van der Waals surface area contributed by atoms with Gasteiger partial charge in [-0.3, -0.25) is 14.5 Å². The Kier molecular flexibility index (Phi) is 3.99. The van der Waals surface area contributed by atoms with Crippen LogP contribution in [0.5, 0.6) is 0 Å². The number of carbonyl (C=O) groups is 4. The van der Waals surface area contributed by atoms with E-state index in [1.165, 1.54) is 4.90 Å². The van der Waals surface area contributed by atoms with Crippen LogP contribution in [0.25, 0.3) is 0 Å². The summed E-state index contributed by atoms with van der Waals surface area (Å²) in [6.45, 7) is 0.425. The maximum absolute atomic E-state index is 12.5. The molecule has 0 radical (unpaired) electrons. The van der Waals surface area contributed by atoms with Gasteiger partial charge in [-0.25, -0.2) is 9.59 Å². The Balaban J connectivity index is 1.60. The molecule has 8 heteroatoms. The number of amides is 4. The molecule has 0 bridgehead atoms. The fourth-order valence-electron chi connectivity index (χ4n) is 3.87. The van der Waals surface area contributed by atoms with Crippen molar-refractivity contribution in [1.82, 2.24) is 15.1 Å². The van der Waals surface area contributed by atoms with Crippen molar-refractivity contribution in [3.05, 3.63) is 0 Å². The number of aliphatic carboxylic acids is 1. The Morgan fingerprint density at radius 3 is 2.57 bits per heavy atom. The molecule has 0 aromatic rings. The van der Waals surface area contributed by atoms with Gasteiger partial charge in [-0.05, 0) is 25.7 Å². The first kappa shape index (κ1) is 15.8. The summed E-state index contributed by atoms with van der Waals surface area (Å²) < 4.78 is 0. The molecule has 3 fully saturated rings. The van der Waals surface area contributed by atoms with E-state index in [4.69, 9.17) is 5.11 Å². The average Bonchev–Trinajstić information content (AvgIpc) is 3.20. The summed E-state index contributed by atoms with van der Waals surface area (Å²) in [5.41, 5.74) is -0.766. The second kappa shape index (κ2) is 5.82. The van der Waals surface area contributed by atoms with E-state index in [-0.39, 0.29) is 24.8 Å². The first-order valence-electron chi connectivity index (χ1n) is 8.11. The molecular weight excluding hydrogens is 302 g/mol. The second-order valence-corrected chi connectivity index (χ2v) is 6.51. The fraction of sp³-hybridized carbons (Fsp3) is 0.733. The third-order valence-corrected chi connectivity index (χ3v) is 5.11. The van der Waals surface area contributed by atoms with Crippen molar-refractivity contribution < 1.29 is 24.3 Å². The highest BCUT2D eigenvalue weighted by Crippen LogP contribution is 2.35. The van der Waals surface area contributed by atoms with E-state index in [2.05, 4.69) is 5.32 Å². The molecule has 0 unspecified atom stereocenters. The van der Waals surface area contributed by atoms with Gasteiger partial charge in [0.2, 0.25) is 5.91 Å². The van der Waals surface area contributed by atoms with Crippen LogP contribution in [0.3, 0.4) is 0 Å². The highest BCUT2D eigenvalue weighted by Gasteiger charge is 2.52. The molecular formula is C15H21N3O5. The SMILES string of the molecule is O=C(O)[C@H]1CCCN1C(=O)CCN1C(=O)NC2(CCCC2)C1=O. The van der Waals surface area contributed by atoms with Gasteiger partial charge in [0.05, 0.1) is 0 Å². The molecule has 4 amide bonds. The van der Waals surface area contributed by atoms with E-state index >= 15 is 0 Å². The predicted octanol–water partition coefficient (Wildman–Crippen LogP) is 0.317. The Labute approximate surface area is 133 Å². The summed E-state index contributed by atoms with van der Waals surface area (Å²) in [5, 5.41) is 11.9. The molecule has 2 N–H and O–H groups in total. The largest absolute Gasteiger partial charge is 0.480 e. The molecule has 1 atom stereocenters. The monoisotopic (exact) mass is 323 g/mol. The van der Waals surface area contributed by atoms with Gasteiger partial charge < -0.3 is 15.3 Å². The summed E-state index contributed by atoms with van der Waals surface area (Å²) in [7, 11) is 0.